The Kier molecular flexibility index (Phi) is 48.4. The third-order valence-corrected chi connectivity index (χ3v) is 4.89. The van der Waals surface area contributed by atoms with Gasteiger partial charge in [0, 0.05) is 13.1 Å². The number of aryl methyl sites for hydroxylation is 2. The molecular weight excluding hydrogens is 516 g/mol. The molecule has 4 unspecified atom stereocenters. The van der Waals surface area contributed by atoms with Crippen LogP contribution >= 0.6 is 19.8 Å². The monoisotopic (exact) mass is 583 g/mol. The summed E-state index contributed by atoms with van der Waals surface area (Å²) in [5.74, 6) is 1.43. The highest BCUT2D eigenvalue weighted by Crippen LogP contribution is 2.18. The van der Waals surface area contributed by atoms with Gasteiger partial charge < -0.3 is 14.7 Å². The van der Waals surface area contributed by atoms with Crippen molar-refractivity contribution >= 4 is 34.6 Å². The number of nitrogens with one attached hydrogen (secondary N) is 1. The molecule has 0 aromatic carbocycles. The summed E-state index contributed by atoms with van der Waals surface area (Å²) < 4.78 is 0. The molecule has 230 valence electrons. The first kappa shape index (κ1) is 57.0. The molecule has 2 aliphatic heterocycles. The topological polar surface area (TPSA) is 125 Å². The van der Waals surface area contributed by atoms with Crippen molar-refractivity contribution < 1.29 is 5.11 Å². The highest BCUT2D eigenvalue weighted by atomic mass is 31.0. The Bertz CT molecular complexity index is 687. The summed E-state index contributed by atoms with van der Waals surface area (Å²) in [5, 5.41) is 34.1. The molecule has 38 heavy (non-hydrogen) atoms. The van der Waals surface area contributed by atoms with Crippen LogP contribution in [0.4, 0.5) is 0 Å². The number of tetrazole rings is 2. The smallest absolute Gasteiger partial charge is 0.205 e. The first-order valence-electron chi connectivity index (χ1n) is 10.2. The second-order valence-electron chi connectivity index (χ2n) is 7.21. The van der Waals surface area contributed by atoms with Gasteiger partial charge in [-0.05, 0) is 57.8 Å². The fourth-order valence-electron chi connectivity index (χ4n) is 3.29. The van der Waals surface area contributed by atoms with E-state index < -0.39 is 0 Å². The van der Waals surface area contributed by atoms with Crippen LogP contribution in [-0.2, 0) is 0 Å². The maximum Gasteiger partial charge on any atom is 0.205 e. The van der Waals surface area contributed by atoms with Crippen LogP contribution < -0.4 is 0 Å². The number of H-pyrrole nitrogens is 1. The first-order chi connectivity index (χ1) is 14.0. The van der Waals surface area contributed by atoms with Gasteiger partial charge in [0.2, 0.25) is 14.8 Å². The van der Waals surface area contributed by atoms with Gasteiger partial charge in [-0.25, -0.2) is 0 Å². The van der Waals surface area contributed by atoms with Crippen LogP contribution in [0.15, 0.2) is 0 Å². The van der Waals surface area contributed by atoms with E-state index in [0.717, 1.165) is 51.3 Å². The lowest BCUT2D eigenvalue weighted by Crippen LogP contribution is -2.39. The number of hydrogen-bond donors (Lipinski definition) is 2. The van der Waals surface area contributed by atoms with Crippen LogP contribution in [0.2, 0.25) is 13.6 Å². The van der Waals surface area contributed by atoms with Gasteiger partial charge in [0.1, 0.15) is 0 Å². The quantitative estimate of drug-likeness (QED) is 0.398. The van der Waals surface area contributed by atoms with Crippen molar-refractivity contribution in [3.8, 4) is 0 Å². The molecule has 2 fully saturated rings. The zero-order chi connectivity index (χ0) is 21.1. The Balaban J connectivity index is -0.0000000561. The summed E-state index contributed by atoms with van der Waals surface area (Å²) in [6.45, 7) is 11.8. The van der Waals surface area contributed by atoms with Crippen molar-refractivity contribution in [2.45, 2.75) is 117 Å². The van der Waals surface area contributed by atoms with Gasteiger partial charge in [-0.3, -0.25) is 0 Å². The molecule has 11 nitrogen and oxygen atoms in total. The fraction of sp³-hybridized carbons (Fsp3) is 0.913. The minimum absolute atomic E-state index is 0. The van der Waals surface area contributed by atoms with E-state index >= 15 is 0 Å². The molecule has 0 bridgehead atoms. The summed E-state index contributed by atoms with van der Waals surface area (Å²) in [6.07, 6.45) is 4.38. The molecule has 2 N–H and O–H groups in total. The number of β-amino-alcohol motifs (C(OH)–C–C–N with tert-alkyl or cyclic N) is 1. The maximum atomic E-state index is 9.15. The van der Waals surface area contributed by atoms with E-state index in [2.05, 4.69) is 59.9 Å². The van der Waals surface area contributed by atoms with Crippen molar-refractivity contribution in [2.75, 3.05) is 26.2 Å². The lowest BCUT2D eigenvalue weighted by atomic mass is 9.91. The number of aliphatic hydroxyl groups is 1. The molecule has 2 radical (unpaired) electrons. The molecule has 4 heterocycles. The standard InChI is InChI=1S/C8H15BN5.C6H13BNO.C2H4N4.7CH4.2H3P/c1-7-10-12-14(11-7)8-4-3-5-13(6-8)9-2;1-7-8-4-2-3-6(9)5-8;1-2-3-5-6-4-2;;;;;;;;;/h8H,3-6H2,1-2H3;6,9H,2-5H2,1H3;1H3,(H,3,4,5,6);7*1H4;2*1H3. The Morgan fingerprint density at radius 2 is 1.32 bits per heavy atom. The van der Waals surface area contributed by atoms with Crippen molar-refractivity contribution in [3.63, 3.8) is 0 Å². The third-order valence-electron chi connectivity index (χ3n) is 4.89. The molecule has 2 aromatic rings. The van der Waals surface area contributed by atoms with Gasteiger partial charge in [0.05, 0.1) is 12.1 Å². The van der Waals surface area contributed by atoms with Crippen LogP contribution in [0.3, 0.4) is 0 Å². The van der Waals surface area contributed by atoms with E-state index in [1.54, 1.807) is 11.7 Å². The average molecular weight is 582 g/mol. The highest BCUT2D eigenvalue weighted by molar-refractivity contribution is 6.92. The Morgan fingerprint density at radius 3 is 1.66 bits per heavy atom. The van der Waals surface area contributed by atoms with E-state index in [1.807, 2.05) is 21.2 Å². The zero-order valence-electron chi connectivity index (χ0n) is 19.4. The van der Waals surface area contributed by atoms with Gasteiger partial charge in [-0.1, -0.05) is 70.8 Å². The van der Waals surface area contributed by atoms with E-state index in [1.165, 1.54) is 6.42 Å². The predicted octanol–water partition coefficient (Wildman–Crippen LogP) is 4.47. The van der Waals surface area contributed by atoms with Crippen LogP contribution in [-0.4, -0.2) is 103 Å². The van der Waals surface area contributed by atoms with Gasteiger partial charge in [0.15, 0.2) is 11.6 Å². The SMILES string of the molecule is C.C.C.C.C.C.C.C[B]N1CCCC(O)C1.C[B]N1CCCC(n2nnc(C)n2)C1.Cc1nn[nH]n1.P.P. The Hall–Kier alpha value is -0.990. The third kappa shape index (κ3) is 21.9. The van der Waals surface area contributed by atoms with Gasteiger partial charge >= 0.3 is 0 Å². The number of nitrogens with zero attached hydrogens (tertiary/aromatic N) is 9. The largest absolute Gasteiger partial charge is 0.392 e. The molecule has 0 amide bonds. The number of aliphatic hydroxyl groups excluding tert-OH is 1. The minimum Gasteiger partial charge on any atom is -0.392 e. The molecule has 2 aliphatic rings. The van der Waals surface area contributed by atoms with Crippen LogP contribution in [0.5, 0.6) is 0 Å². The van der Waals surface area contributed by atoms with Crippen molar-refractivity contribution in [1.29, 1.82) is 0 Å². The summed E-state index contributed by atoms with van der Waals surface area (Å²) in [5.41, 5.74) is 0. The maximum absolute atomic E-state index is 9.15. The number of piperidine rings is 2. The van der Waals surface area contributed by atoms with Gasteiger partial charge in [-0.2, -0.15) is 29.8 Å². The van der Waals surface area contributed by atoms with Gasteiger partial charge in [-0.15, -0.1) is 20.4 Å². The Morgan fingerprint density at radius 1 is 0.789 bits per heavy atom. The molecule has 0 aliphatic carbocycles. The predicted molar refractivity (Wildman–Crippen MR) is 181 cm³/mol. The molecule has 15 heteroatoms. The summed E-state index contributed by atoms with van der Waals surface area (Å²) in [7, 11) is 4.18. The molecule has 2 aromatic heterocycles. The second-order valence-corrected chi connectivity index (χ2v) is 7.21. The summed E-state index contributed by atoms with van der Waals surface area (Å²) in [4.78, 5) is 6.23. The van der Waals surface area contributed by atoms with E-state index in [9.17, 15) is 0 Å². The number of aromatic nitrogens is 8. The first-order valence-corrected chi connectivity index (χ1v) is 10.2. The fourth-order valence-corrected chi connectivity index (χ4v) is 3.29. The lowest BCUT2D eigenvalue weighted by Gasteiger charge is -2.30. The highest BCUT2D eigenvalue weighted by Gasteiger charge is 2.21. The molecule has 0 spiro atoms. The van der Waals surface area contributed by atoms with Crippen molar-refractivity contribution in [3.05, 3.63) is 11.6 Å². The number of rotatable bonds is 3. The lowest BCUT2D eigenvalue weighted by molar-refractivity contribution is 0.108. The Labute approximate surface area is 245 Å². The molecule has 4 rings (SSSR count). The van der Waals surface area contributed by atoms with Crippen LogP contribution in [0, 0.1) is 13.8 Å². The van der Waals surface area contributed by atoms with Crippen LogP contribution in [0.25, 0.3) is 0 Å². The molecular formula is C23H66B2N10OP2. The van der Waals surface area contributed by atoms with Crippen molar-refractivity contribution in [1.82, 2.24) is 50.5 Å². The van der Waals surface area contributed by atoms with Crippen LogP contribution in [0.1, 0.15) is 95.4 Å². The molecule has 4 atom stereocenters. The number of hydrogen-bond acceptors (Lipinski definition) is 9. The number of aromatic amines is 1. The molecule has 2 saturated heterocycles. The normalized spacial score (nSPS) is 17.3. The average Bonchev–Trinajstić information content (AvgIpc) is 3.40. The summed E-state index contributed by atoms with van der Waals surface area (Å²) in [6, 6.07) is 0.390. The second kappa shape index (κ2) is 32.2. The van der Waals surface area contributed by atoms with E-state index in [0.29, 0.717) is 11.9 Å². The van der Waals surface area contributed by atoms with Crippen molar-refractivity contribution in [2.24, 2.45) is 0 Å². The zero-order valence-corrected chi connectivity index (χ0v) is 22.2. The minimum atomic E-state index is -0.0880. The van der Waals surface area contributed by atoms with E-state index in [4.69, 9.17) is 5.11 Å². The van der Waals surface area contributed by atoms with Gasteiger partial charge in [0.25, 0.3) is 0 Å². The molecule has 0 saturated carbocycles. The van der Waals surface area contributed by atoms with E-state index in [-0.39, 0.29) is 77.9 Å². The summed E-state index contributed by atoms with van der Waals surface area (Å²) >= 11 is 0.